The first kappa shape index (κ1) is 19.7. The second kappa shape index (κ2) is 8.77. The Bertz CT molecular complexity index is 853. The van der Waals surface area contributed by atoms with Gasteiger partial charge in [0.1, 0.15) is 0 Å². The van der Waals surface area contributed by atoms with Gasteiger partial charge in [-0.25, -0.2) is 14.8 Å². The minimum Gasteiger partial charge on any atom is -0.478 e. The first-order chi connectivity index (χ1) is 13.5. The molecule has 2 aromatic heterocycles. The van der Waals surface area contributed by atoms with E-state index in [1.807, 2.05) is 23.6 Å². The summed E-state index contributed by atoms with van der Waals surface area (Å²) in [4.78, 5) is 41.0. The van der Waals surface area contributed by atoms with Gasteiger partial charge >= 0.3 is 5.97 Å². The smallest absolute Gasteiger partial charge is 0.335 e. The number of nitrogens with zero attached hydrogens (tertiary/aromatic N) is 5. The molecule has 1 atom stereocenters. The number of carboxylic acids is 1. The lowest BCUT2D eigenvalue weighted by Crippen LogP contribution is -2.45. The van der Waals surface area contributed by atoms with Crippen molar-refractivity contribution in [2.24, 2.45) is 5.92 Å². The Kier molecular flexibility index (Phi) is 6.18. The molecule has 1 N–H and O–H groups in total. The van der Waals surface area contributed by atoms with Crippen LogP contribution in [0.4, 0.5) is 5.95 Å². The molecule has 8 nitrogen and oxygen atoms in total. The molecule has 1 saturated heterocycles. The maximum atomic E-state index is 12.7. The van der Waals surface area contributed by atoms with Gasteiger partial charge in [0.15, 0.2) is 0 Å². The SMILES string of the molecule is CCN(CC)C(=O)[C@@H]1CCCN(c2nccc(-c3cc(C(=O)O)ccn3)n2)C1. The molecule has 0 aromatic carbocycles. The maximum absolute atomic E-state index is 12.7. The number of hydrogen-bond acceptors (Lipinski definition) is 6. The summed E-state index contributed by atoms with van der Waals surface area (Å²) in [5, 5.41) is 9.18. The third kappa shape index (κ3) is 4.27. The molecule has 8 heteroatoms. The molecule has 3 heterocycles. The van der Waals surface area contributed by atoms with E-state index in [2.05, 4.69) is 15.0 Å². The van der Waals surface area contributed by atoms with Crippen LogP contribution < -0.4 is 4.90 Å². The number of anilines is 1. The summed E-state index contributed by atoms with van der Waals surface area (Å²) in [5.74, 6) is -0.347. The molecule has 148 valence electrons. The zero-order valence-corrected chi connectivity index (χ0v) is 16.2. The molecule has 3 rings (SSSR count). The van der Waals surface area contributed by atoms with Gasteiger partial charge in [-0.1, -0.05) is 0 Å². The van der Waals surface area contributed by atoms with Crippen LogP contribution in [0.5, 0.6) is 0 Å². The van der Waals surface area contributed by atoms with Crippen molar-refractivity contribution in [3.8, 4) is 11.4 Å². The Morgan fingerprint density at radius 1 is 1.18 bits per heavy atom. The Morgan fingerprint density at radius 3 is 2.64 bits per heavy atom. The zero-order chi connectivity index (χ0) is 20.1. The van der Waals surface area contributed by atoms with E-state index in [0.29, 0.717) is 37.0 Å². The molecular formula is C20H25N5O3. The van der Waals surface area contributed by atoms with E-state index in [4.69, 9.17) is 0 Å². The fourth-order valence-corrected chi connectivity index (χ4v) is 3.50. The molecule has 0 bridgehead atoms. The number of aromatic carboxylic acids is 1. The van der Waals surface area contributed by atoms with Gasteiger partial charge in [-0.15, -0.1) is 0 Å². The van der Waals surface area contributed by atoms with Crippen molar-refractivity contribution in [2.75, 3.05) is 31.1 Å². The Labute approximate surface area is 164 Å². The van der Waals surface area contributed by atoms with E-state index in [1.54, 1.807) is 12.3 Å². The first-order valence-electron chi connectivity index (χ1n) is 9.60. The van der Waals surface area contributed by atoms with Gasteiger partial charge in [0.2, 0.25) is 11.9 Å². The fraction of sp³-hybridized carbons (Fsp3) is 0.450. The zero-order valence-electron chi connectivity index (χ0n) is 16.2. The summed E-state index contributed by atoms with van der Waals surface area (Å²) in [6.07, 6.45) is 4.87. The summed E-state index contributed by atoms with van der Waals surface area (Å²) in [6, 6.07) is 4.65. The average Bonchev–Trinajstić information content (AvgIpc) is 2.75. The van der Waals surface area contributed by atoms with Crippen LogP contribution in [0.1, 0.15) is 37.0 Å². The van der Waals surface area contributed by atoms with Crippen molar-refractivity contribution in [1.29, 1.82) is 0 Å². The number of amides is 1. The van der Waals surface area contributed by atoms with Crippen LogP contribution in [0, 0.1) is 5.92 Å². The van der Waals surface area contributed by atoms with Crippen LogP contribution in [0.15, 0.2) is 30.6 Å². The lowest BCUT2D eigenvalue weighted by molar-refractivity contribution is -0.135. The van der Waals surface area contributed by atoms with Crippen LogP contribution in [0.2, 0.25) is 0 Å². The van der Waals surface area contributed by atoms with Crippen LogP contribution in [-0.4, -0.2) is 63.0 Å². The quantitative estimate of drug-likeness (QED) is 0.817. The second-order valence-corrected chi connectivity index (χ2v) is 6.77. The van der Waals surface area contributed by atoms with Crippen molar-refractivity contribution in [2.45, 2.75) is 26.7 Å². The van der Waals surface area contributed by atoms with E-state index in [9.17, 15) is 14.7 Å². The lowest BCUT2D eigenvalue weighted by atomic mass is 9.96. The highest BCUT2D eigenvalue weighted by molar-refractivity contribution is 5.88. The normalized spacial score (nSPS) is 16.6. The first-order valence-corrected chi connectivity index (χ1v) is 9.60. The standard InChI is InChI=1S/C20H25N5O3/c1-3-24(4-2)18(26)15-6-5-11-25(13-15)20-22-10-8-16(23-20)17-12-14(19(27)28)7-9-21-17/h7-10,12,15H,3-6,11,13H2,1-2H3,(H,27,28)/t15-/m1/s1. The number of rotatable bonds is 6. The lowest BCUT2D eigenvalue weighted by Gasteiger charge is -2.34. The summed E-state index contributed by atoms with van der Waals surface area (Å²) in [7, 11) is 0. The highest BCUT2D eigenvalue weighted by Crippen LogP contribution is 2.24. The number of hydrogen-bond donors (Lipinski definition) is 1. The molecule has 2 aromatic rings. The predicted molar refractivity (Wildman–Crippen MR) is 105 cm³/mol. The van der Waals surface area contributed by atoms with Gasteiger partial charge in [0.25, 0.3) is 0 Å². The van der Waals surface area contributed by atoms with E-state index in [0.717, 1.165) is 19.4 Å². The Morgan fingerprint density at radius 2 is 1.93 bits per heavy atom. The summed E-state index contributed by atoms with van der Waals surface area (Å²) in [6.45, 7) is 6.78. The topological polar surface area (TPSA) is 99.5 Å². The highest BCUT2D eigenvalue weighted by Gasteiger charge is 2.29. The highest BCUT2D eigenvalue weighted by atomic mass is 16.4. The van der Waals surface area contributed by atoms with Gasteiger partial charge in [-0.05, 0) is 44.9 Å². The molecule has 0 saturated carbocycles. The summed E-state index contributed by atoms with van der Waals surface area (Å²) < 4.78 is 0. The number of carboxylic acid groups (broad SMARTS) is 1. The minimum absolute atomic E-state index is 0.0608. The molecule has 0 spiro atoms. The summed E-state index contributed by atoms with van der Waals surface area (Å²) >= 11 is 0. The number of carbonyl (C=O) groups excluding carboxylic acids is 1. The predicted octanol–water partition coefficient (Wildman–Crippen LogP) is 2.32. The van der Waals surface area contributed by atoms with Crippen LogP contribution in [-0.2, 0) is 4.79 Å². The molecule has 1 amide bonds. The van der Waals surface area contributed by atoms with E-state index < -0.39 is 5.97 Å². The fourth-order valence-electron chi connectivity index (χ4n) is 3.50. The number of pyridine rings is 1. The number of aromatic nitrogens is 3. The molecule has 0 aliphatic carbocycles. The molecule has 0 unspecified atom stereocenters. The van der Waals surface area contributed by atoms with E-state index in [-0.39, 0.29) is 17.4 Å². The summed E-state index contributed by atoms with van der Waals surface area (Å²) in [5.41, 5.74) is 1.20. The number of piperidine rings is 1. The minimum atomic E-state index is -1.01. The Hall–Kier alpha value is -3.03. The molecule has 28 heavy (non-hydrogen) atoms. The molecule has 0 radical (unpaired) electrons. The Balaban J connectivity index is 1.81. The van der Waals surface area contributed by atoms with Gasteiger partial charge in [-0.2, -0.15) is 0 Å². The van der Waals surface area contributed by atoms with Crippen molar-refractivity contribution in [1.82, 2.24) is 19.9 Å². The molecule has 1 aliphatic rings. The van der Waals surface area contributed by atoms with Crippen molar-refractivity contribution < 1.29 is 14.7 Å². The van der Waals surface area contributed by atoms with Crippen LogP contribution >= 0.6 is 0 Å². The van der Waals surface area contributed by atoms with E-state index in [1.165, 1.54) is 18.3 Å². The van der Waals surface area contributed by atoms with Gasteiger partial charge in [0, 0.05) is 38.6 Å². The van der Waals surface area contributed by atoms with E-state index >= 15 is 0 Å². The van der Waals surface area contributed by atoms with Crippen molar-refractivity contribution in [3.63, 3.8) is 0 Å². The van der Waals surface area contributed by atoms with Crippen LogP contribution in [0.3, 0.4) is 0 Å². The second-order valence-electron chi connectivity index (χ2n) is 6.77. The number of carbonyl (C=O) groups is 2. The van der Waals surface area contributed by atoms with Crippen molar-refractivity contribution >= 4 is 17.8 Å². The van der Waals surface area contributed by atoms with Gasteiger partial charge in [-0.3, -0.25) is 9.78 Å². The van der Waals surface area contributed by atoms with Gasteiger partial charge < -0.3 is 14.9 Å². The average molecular weight is 383 g/mol. The largest absolute Gasteiger partial charge is 0.478 e. The monoisotopic (exact) mass is 383 g/mol. The molecule has 1 fully saturated rings. The third-order valence-electron chi connectivity index (χ3n) is 5.04. The van der Waals surface area contributed by atoms with Crippen LogP contribution in [0.25, 0.3) is 11.4 Å². The molecule has 1 aliphatic heterocycles. The maximum Gasteiger partial charge on any atom is 0.335 e. The van der Waals surface area contributed by atoms with Gasteiger partial charge in [0.05, 0.1) is 22.9 Å². The molecular weight excluding hydrogens is 358 g/mol. The third-order valence-corrected chi connectivity index (χ3v) is 5.04. The van der Waals surface area contributed by atoms with Crippen molar-refractivity contribution in [3.05, 3.63) is 36.2 Å².